The predicted molar refractivity (Wildman–Crippen MR) is 93.6 cm³/mol. The molecule has 0 bridgehead atoms. The highest BCUT2D eigenvalue weighted by Crippen LogP contribution is 2.13. The third kappa shape index (κ3) is 4.51. The third-order valence-corrected chi connectivity index (χ3v) is 4.23. The smallest absolute Gasteiger partial charge is 0.286 e. The second-order valence-corrected chi connectivity index (χ2v) is 6.37. The van der Waals surface area contributed by atoms with Gasteiger partial charge in [0.05, 0.1) is 6.26 Å². The molecule has 0 radical (unpaired) electrons. The van der Waals surface area contributed by atoms with Gasteiger partial charge in [-0.15, -0.1) is 10.2 Å². The Bertz CT molecular complexity index is 846. The Morgan fingerprint density at radius 2 is 1.80 bits per heavy atom. The minimum Gasteiger partial charge on any atom is -0.469 e. The van der Waals surface area contributed by atoms with Gasteiger partial charge in [-0.2, -0.15) is 0 Å². The van der Waals surface area contributed by atoms with Crippen LogP contribution >= 0.6 is 11.3 Å². The number of nitrogens with one attached hydrogen (secondary N) is 2. The summed E-state index contributed by atoms with van der Waals surface area (Å²) in [5.74, 6) is 0.0229. The van der Waals surface area contributed by atoms with Crippen LogP contribution in [0.5, 0.6) is 0 Å². The van der Waals surface area contributed by atoms with Crippen molar-refractivity contribution in [2.75, 3.05) is 5.32 Å². The number of para-hydroxylation sites is 1. The molecule has 0 spiro atoms. The van der Waals surface area contributed by atoms with Gasteiger partial charge in [-0.1, -0.05) is 29.5 Å². The van der Waals surface area contributed by atoms with Crippen LogP contribution < -0.4 is 10.6 Å². The number of anilines is 1. The SMILES string of the molecule is C[C@@H](Cc1ccco1)NC(=O)c1nnc(C(=O)Nc2ccccc2)s1. The molecule has 3 rings (SSSR count). The van der Waals surface area contributed by atoms with E-state index < -0.39 is 5.91 Å². The van der Waals surface area contributed by atoms with E-state index in [0.717, 1.165) is 17.1 Å². The van der Waals surface area contributed by atoms with Gasteiger partial charge in [0.25, 0.3) is 11.8 Å². The molecule has 0 saturated carbocycles. The molecule has 2 amide bonds. The lowest BCUT2D eigenvalue weighted by Crippen LogP contribution is -2.33. The molecule has 2 heterocycles. The lowest BCUT2D eigenvalue weighted by Gasteiger charge is -2.10. The van der Waals surface area contributed by atoms with Gasteiger partial charge in [-0.3, -0.25) is 9.59 Å². The van der Waals surface area contributed by atoms with Crippen molar-refractivity contribution in [1.29, 1.82) is 0 Å². The van der Waals surface area contributed by atoms with Crippen LogP contribution in [0.1, 0.15) is 32.3 Å². The highest BCUT2D eigenvalue weighted by molar-refractivity contribution is 7.15. The number of nitrogens with zero attached hydrogens (tertiary/aromatic N) is 2. The van der Waals surface area contributed by atoms with Crippen LogP contribution in [0, 0.1) is 0 Å². The molecular weight excluding hydrogens is 340 g/mol. The Balaban J connectivity index is 1.58. The molecule has 0 aliphatic carbocycles. The number of hydrogen-bond acceptors (Lipinski definition) is 6. The van der Waals surface area contributed by atoms with Crippen molar-refractivity contribution in [1.82, 2.24) is 15.5 Å². The molecule has 0 aliphatic heterocycles. The Morgan fingerprint density at radius 3 is 2.48 bits per heavy atom. The Labute approximate surface area is 148 Å². The quantitative estimate of drug-likeness (QED) is 0.708. The van der Waals surface area contributed by atoms with Gasteiger partial charge in [0.2, 0.25) is 10.0 Å². The lowest BCUT2D eigenvalue weighted by atomic mass is 10.2. The Morgan fingerprint density at radius 1 is 1.08 bits per heavy atom. The van der Waals surface area contributed by atoms with Gasteiger partial charge in [0.15, 0.2) is 0 Å². The molecule has 8 heteroatoms. The zero-order valence-corrected chi connectivity index (χ0v) is 14.2. The van der Waals surface area contributed by atoms with Crippen LogP contribution in [0.25, 0.3) is 0 Å². The lowest BCUT2D eigenvalue weighted by molar-refractivity contribution is 0.0937. The first-order chi connectivity index (χ1) is 12.1. The molecule has 2 N–H and O–H groups in total. The third-order valence-electron chi connectivity index (χ3n) is 3.31. The molecule has 0 fully saturated rings. The topological polar surface area (TPSA) is 97.1 Å². The summed E-state index contributed by atoms with van der Waals surface area (Å²) in [5, 5.41) is 13.4. The number of aromatic nitrogens is 2. The summed E-state index contributed by atoms with van der Waals surface area (Å²) in [7, 11) is 0. The molecule has 0 aliphatic rings. The zero-order chi connectivity index (χ0) is 17.6. The number of benzene rings is 1. The molecule has 128 valence electrons. The van der Waals surface area contributed by atoms with Crippen LogP contribution in [0.2, 0.25) is 0 Å². The van der Waals surface area contributed by atoms with Crippen LogP contribution in [0.4, 0.5) is 5.69 Å². The van der Waals surface area contributed by atoms with Gasteiger partial charge < -0.3 is 15.1 Å². The first-order valence-corrected chi connectivity index (χ1v) is 8.46. The van der Waals surface area contributed by atoms with Gasteiger partial charge in [0.1, 0.15) is 5.76 Å². The fourth-order valence-electron chi connectivity index (χ4n) is 2.18. The monoisotopic (exact) mass is 356 g/mol. The van der Waals surface area contributed by atoms with Gasteiger partial charge in [0, 0.05) is 18.2 Å². The number of rotatable bonds is 6. The van der Waals surface area contributed by atoms with E-state index >= 15 is 0 Å². The maximum atomic E-state index is 12.2. The first kappa shape index (κ1) is 16.8. The minimum atomic E-state index is -0.397. The van der Waals surface area contributed by atoms with Crippen molar-refractivity contribution in [3.05, 3.63) is 64.5 Å². The number of amides is 2. The van der Waals surface area contributed by atoms with Crippen LogP contribution in [0.15, 0.2) is 53.1 Å². The van der Waals surface area contributed by atoms with E-state index in [1.54, 1.807) is 24.5 Å². The van der Waals surface area contributed by atoms with Crippen LogP contribution in [0.3, 0.4) is 0 Å². The van der Waals surface area contributed by atoms with Crippen LogP contribution in [-0.2, 0) is 6.42 Å². The summed E-state index contributed by atoms with van der Waals surface area (Å²) in [4.78, 5) is 24.3. The van der Waals surface area contributed by atoms with Crippen molar-refractivity contribution in [2.45, 2.75) is 19.4 Å². The molecule has 1 atom stereocenters. The summed E-state index contributed by atoms with van der Waals surface area (Å²) in [6, 6.07) is 12.5. The maximum absolute atomic E-state index is 12.2. The summed E-state index contributed by atoms with van der Waals surface area (Å²) in [5.41, 5.74) is 0.653. The van der Waals surface area contributed by atoms with E-state index in [9.17, 15) is 9.59 Å². The minimum absolute atomic E-state index is 0.132. The highest BCUT2D eigenvalue weighted by atomic mass is 32.1. The van der Waals surface area contributed by atoms with E-state index in [1.807, 2.05) is 31.2 Å². The number of hydrogen-bond donors (Lipinski definition) is 2. The predicted octanol–water partition coefficient (Wildman–Crippen LogP) is 2.74. The van der Waals surface area contributed by atoms with Crippen molar-refractivity contribution >= 4 is 28.8 Å². The van der Waals surface area contributed by atoms with E-state index in [4.69, 9.17) is 4.42 Å². The van der Waals surface area contributed by atoms with Crippen LogP contribution in [-0.4, -0.2) is 28.1 Å². The molecule has 1 aromatic carbocycles. The number of carbonyl (C=O) groups excluding carboxylic acids is 2. The highest BCUT2D eigenvalue weighted by Gasteiger charge is 2.19. The maximum Gasteiger partial charge on any atom is 0.286 e. The summed E-state index contributed by atoms with van der Waals surface area (Å²) >= 11 is 0.949. The van der Waals surface area contributed by atoms with E-state index in [-0.39, 0.29) is 22.0 Å². The number of furan rings is 1. The zero-order valence-electron chi connectivity index (χ0n) is 13.4. The van der Waals surface area contributed by atoms with Gasteiger partial charge >= 0.3 is 0 Å². The van der Waals surface area contributed by atoms with E-state index in [0.29, 0.717) is 12.1 Å². The molecule has 7 nitrogen and oxygen atoms in total. The normalized spacial score (nSPS) is 11.7. The van der Waals surface area contributed by atoms with Gasteiger partial charge in [-0.25, -0.2) is 0 Å². The molecule has 0 saturated heterocycles. The fraction of sp³-hybridized carbons (Fsp3) is 0.176. The van der Waals surface area contributed by atoms with Crippen molar-refractivity contribution in [3.8, 4) is 0 Å². The second-order valence-electron chi connectivity index (χ2n) is 5.39. The average Bonchev–Trinajstić information content (AvgIpc) is 3.27. The molecule has 2 aromatic heterocycles. The van der Waals surface area contributed by atoms with Crippen molar-refractivity contribution in [2.24, 2.45) is 0 Å². The fourth-order valence-corrected chi connectivity index (χ4v) is 2.82. The molecule has 0 unspecified atom stereocenters. The van der Waals surface area contributed by atoms with Gasteiger partial charge in [-0.05, 0) is 31.2 Å². The summed E-state index contributed by atoms with van der Waals surface area (Å²) in [6.45, 7) is 1.87. The average molecular weight is 356 g/mol. The van der Waals surface area contributed by atoms with Crippen molar-refractivity contribution in [3.63, 3.8) is 0 Å². The Kier molecular flexibility index (Phi) is 5.20. The summed E-state index contributed by atoms with van der Waals surface area (Å²) in [6.07, 6.45) is 2.16. The molecule has 3 aromatic rings. The van der Waals surface area contributed by atoms with E-state index in [2.05, 4.69) is 20.8 Å². The second kappa shape index (κ2) is 7.71. The van der Waals surface area contributed by atoms with E-state index in [1.165, 1.54) is 0 Å². The summed E-state index contributed by atoms with van der Waals surface area (Å²) < 4.78 is 5.25. The standard InChI is InChI=1S/C17H16N4O3S/c1-11(10-13-8-5-9-24-13)18-14(22)16-20-21-17(25-16)15(23)19-12-6-3-2-4-7-12/h2-9,11H,10H2,1H3,(H,18,22)(H,19,23)/t11-/m0/s1. The molecule has 25 heavy (non-hydrogen) atoms. The largest absolute Gasteiger partial charge is 0.469 e. The first-order valence-electron chi connectivity index (χ1n) is 7.65. The molecular formula is C17H16N4O3S. The van der Waals surface area contributed by atoms with Crippen molar-refractivity contribution < 1.29 is 14.0 Å². The Hall–Kier alpha value is -3.00. The number of carbonyl (C=O) groups is 2.